The maximum absolute atomic E-state index is 12.3. The summed E-state index contributed by atoms with van der Waals surface area (Å²) in [7, 11) is 0. The molecular weight excluding hydrogens is 352 g/mol. The molecule has 8 heteroatoms. The minimum atomic E-state index is -0.737. The van der Waals surface area contributed by atoms with Crippen molar-refractivity contribution in [1.29, 1.82) is 0 Å². The molecule has 1 aromatic heterocycles. The van der Waals surface area contributed by atoms with Gasteiger partial charge in [0.25, 0.3) is 0 Å². The highest BCUT2D eigenvalue weighted by atomic mass is 32.2. The van der Waals surface area contributed by atoms with Crippen LogP contribution in [0.25, 0.3) is 0 Å². The lowest BCUT2D eigenvalue weighted by Crippen LogP contribution is -2.35. The molecule has 0 radical (unpaired) electrons. The molecule has 0 unspecified atom stereocenters. The van der Waals surface area contributed by atoms with E-state index in [0.29, 0.717) is 38.1 Å². The lowest BCUT2D eigenvalue weighted by Gasteiger charge is -2.25. The summed E-state index contributed by atoms with van der Waals surface area (Å²) in [6.45, 7) is 5.86. The molecule has 1 saturated carbocycles. The molecule has 1 amide bonds. The number of hydrogen-bond donors (Lipinski definition) is 2. The van der Waals surface area contributed by atoms with E-state index in [2.05, 4.69) is 33.9 Å². The van der Waals surface area contributed by atoms with Gasteiger partial charge in [-0.15, -0.1) is 10.2 Å². The number of carboxylic acid groups (broad SMARTS) is 1. The Morgan fingerprint density at radius 1 is 1.23 bits per heavy atom. The molecule has 2 rings (SSSR count). The summed E-state index contributed by atoms with van der Waals surface area (Å²) < 4.78 is 2.17. The van der Waals surface area contributed by atoms with Crippen molar-refractivity contribution in [3.05, 3.63) is 5.82 Å². The zero-order valence-electron chi connectivity index (χ0n) is 15.9. The van der Waals surface area contributed by atoms with Crippen LogP contribution in [0.2, 0.25) is 0 Å². The summed E-state index contributed by atoms with van der Waals surface area (Å²) in [6, 6.07) is 0. The summed E-state index contributed by atoms with van der Waals surface area (Å²) in [6.07, 6.45) is 6.15. The maximum atomic E-state index is 12.3. The molecule has 26 heavy (non-hydrogen) atoms. The van der Waals surface area contributed by atoms with Gasteiger partial charge in [0.05, 0.1) is 5.92 Å². The van der Waals surface area contributed by atoms with Gasteiger partial charge in [-0.3, -0.25) is 9.59 Å². The zero-order valence-corrected chi connectivity index (χ0v) is 16.7. The molecule has 1 heterocycles. The first-order valence-corrected chi connectivity index (χ1v) is 10.6. The van der Waals surface area contributed by atoms with E-state index in [1.165, 1.54) is 0 Å². The topological polar surface area (TPSA) is 97.1 Å². The minimum absolute atomic E-state index is 0.0433. The zero-order chi connectivity index (χ0) is 19.1. The molecule has 146 valence electrons. The Balaban J connectivity index is 1.74. The van der Waals surface area contributed by atoms with Crippen LogP contribution in [-0.2, 0) is 22.6 Å². The number of carboxylic acids is 1. The van der Waals surface area contributed by atoms with Crippen LogP contribution in [0.3, 0.4) is 0 Å². The monoisotopic (exact) mass is 382 g/mol. The van der Waals surface area contributed by atoms with E-state index in [4.69, 9.17) is 5.11 Å². The first-order chi connectivity index (χ1) is 12.4. The minimum Gasteiger partial charge on any atom is -0.481 e. The predicted octanol–water partition coefficient (Wildman–Crippen LogP) is 2.60. The Hall–Kier alpha value is -1.57. The fourth-order valence-electron chi connectivity index (χ4n) is 3.41. The number of thioether (sulfide) groups is 1. The number of nitrogens with zero attached hydrogens (tertiary/aromatic N) is 3. The number of carbonyl (C=O) groups excluding carboxylic acids is 1. The van der Waals surface area contributed by atoms with Gasteiger partial charge < -0.3 is 15.0 Å². The summed E-state index contributed by atoms with van der Waals surface area (Å²) in [5, 5.41) is 21.5. The number of hydrogen-bond acceptors (Lipinski definition) is 5. The normalized spacial score (nSPS) is 20.3. The fourth-order valence-corrected chi connectivity index (χ4v) is 3.93. The Bertz CT molecular complexity index is 610. The smallest absolute Gasteiger partial charge is 0.306 e. The maximum Gasteiger partial charge on any atom is 0.306 e. The van der Waals surface area contributed by atoms with E-state index < -0.39 is 5.97 Å². The van der Waals surface area contributed by atoms with Crippen LogP contribution in [0.4, 0.5) is 0 Å². The van der Waals surface area contributed by atoms with E-state index in [1.54, 1.807) is 11.8 Å². The largest absolute Gasteiger partial charge is 0.481 e. The van der Waals surface area contributed by atoms with Crippen molar-refractivity contribution < 1.29 is 14.7 Å². The standard InChI is InChI=1S/C18H30N4O3S/c1-12(2)11-22-15(20-21-18(22)26-3)5-4-10-19-16(23)13-6-8-14(9-7-13)17(24)25/h12-14H,4-11H2,1-3H3,(H,19,23)(H,24,25). The van der Waals surface area contributed by atoms with Crippen LogP contribution >= 0.6 is 11.8 Å². The molecule has 0 aromatic carbocycles. The van der Waals surface area contributed by atoms with Crippen LogP contribution in [0.5, 0.6) is 0 Å². The number of aromatic nitrogens is 3. The molecule has 0 bridgehead atoms. The number of aryl methyl sites for hydroxylation is 1. The second-order valence-corrected chi connectivity index (χ2v) is 8.16. The summed E-state index contributed by atoms with van der Waals surface area (Å²) in [5.74, 6) is 0.493. The van der Waals surface area contributed by atoms with Gasteiger partial charge in [-0.2, -0.15) is 0 Å². The number of nitrogens with one attached hydrogen (secondary N) is 1. The number of amides is 1. The SMILES string of the molecule is CSc1nnc(CCCNC(=O)C2CCC(C(=O)O)CC2)n1CC(C)C. The van der Waals surface area contributed by atoms with Gasteiger partial charge in [-0.25, -0.2) is 0 Å². The van der Waals surface area contributed by atoms with E-state index in [-0.39, 0.29) is 17.7 Å². The van der Waals surface area contributed by atoms with Gasteiger partial charge in [0, 0.05) is 25.4 Å². The second-order valence-electron chi connectivity index (χ2n) is 7.39. The van der Waals surface area contributed by atoms with Crippen LogP contribution in [-0.4, -0.2) is 44.5 Å². The number of carbonyl (C=O) groups is 2. The third-order valence-electron chi connectivity index (χ3n) is 4.85. The molecule has 0 aliphatic heterocycles. The molecule has 7 nitrogen and oxygen atoms in total. The van der Waals surface area contributed by atoms with Crippen LogP contribution in [0.1, 0.15) is 51.8 Å². The molecule has 2 N–H and O–H groups in total. The van der Waals surface area contributed by atoms with Crippen molar-refractivity contribution in [3.63, 3.8) is 0 Å². The average molecular weight is 383 g/mol. The Morgan fingerprint density at radius 2 is 1.88 bits per heavy atom. The van der Waals surface area contributed by atoms with Crippen LogP contribution in [0, 0.1) is 17.8 Å². The summed E-state index contributed by atoms with van der Waals surface area (Å²) >= 11 is 1.60. The van der Waals surface area contributed by atoms with Crippen LogP contribution < -0.4 is 5.32 Å². The first kappa shape index (κ1) is 20.7. The van der Waals surface area contributed by atoms with Gasteiger partial charge in [-0.05, 0) is 44.3 Å². The van der Waals surface area contributed by atoms with Gasteiger partial charge in [0.15, 0.2) is 5.16 Å². The third kappa shape index (κ3) is 5.72. The van der Waals surface area contributed by atoms with Crippen molar-refractivity contribution in [3.8, 4) is 0 Å². The van der Waals surface area contributed by atoms with Gasteiger partial charge in [-0.1, -0.05) is 25.6 Å². The third-order valence-corrected chi connectivity index (χ3v) is 5.51. The van der Waals surface area contributed by atoms with Crippen molar-refractivity contribution in [2.24, 2.45) is 17.8 Å². The van der Waals surface area contributed by atoms with Crippen molar-refractivity contribution in [2.45, 2.75) is 64.1 Å². The summed E-state index contributed by atoms with van der Waals surface area (Å²) in [5.41, 5.74) is 0. The Morgan fingerprint density at radius 3 is 2.46 bits per heavy atom. The molecule has 1 fully saturated rings. The van der Waals surface area contributed by atoms with Crippen molar-refractivity contribution in [2.75, 3.05) is 12.8 Å². The molecule has 1 aromatic rings. The highest BCUT2D eigenvalue weighted by Crippen LogP contribution is 2.29. The second kappa shape index (κ2) is 9.94. The van der Waals surface area contributed by atoms with E-state index in [9.17, 15) is 9.59 Å². The number of aliphatic carboxylic acids is 1. The van der Waals surface area contributed by atoms with E-state index >= 15 is 0 Å². The lowest BCUT2D eigenvalue weighted by atomic mass is 9.81. The number of rotatable bonds is 9. The Labute approximate surface area is 159 Å². The van der Waals surface area contributed by atoms with E-state index in [1.807, 2.05) is 6.26 Å². The predicted molar refractivity (Wildman–Crippen MR) is 101 cm³/mol. The average Bonchev–Trinajstić information content (AvgIpc) is 2.99. The van der Waals surface area contributed by atoms with Crippen LogP contribution in [0.15, 0.2) is 5.16 Å². The molecular formula is C18H30N4O3S. The van der Waals surface area contributed by atoms with Gasteiger partial charge in [0.2, 0.25) is 5.91 Å². The highest BCUT2D eigenvalue weighted by molar-refractivity contribution is 7.98. The molecule has 0 saturated heterocycles. The summed E-state index contributed by atoms with van der Waals surface area (Å²) in [4.78, 5) is 23.2. The first-order valence-electron chi connectivity index (χ1n) is 9.39. The van der Waals surface area contributed by atoms with E-state index in [0.717, 1.165) is 30.4 Å². The molecule has 1 aliphatic rings. The van der Waals surface area contributed by atoms with Crippen molar-refractivity contribution in [1.82, 2.24) is 20.1 Å². The fraction of sp³-hybridized carbons (Fsp3) is 0.778. The van der Waals surface area contributed by atoms with Crippen molar-refractivity contribution >= 4 is 23.6 Å². The highest BCUT2D eigenvalue weighted by Gasteiger charge is 2.29. The lowest BCUT2D eigenvalue weighted by molar-refractivity contribution is -0.144. The molecule has 0 spiro atoms. The Kier molecular flexibility index (Phi) is 7.93. The quantitative estimate of drug-likeness (QED) is 0.503. The van der Waals surface area contributed by atoms with Gasteiger partial charge in [0.1, 0.15) is 5.82 Å². The van der Waals surface area contributed by atoms with Gasteiger partial charge >= 0.3 is 5.97 Å². The molecule has 1 aliphatic carbocycles. The molecule has 0 atom stereocenters.